The van der Waals surface area contributed by atoms with Crippen molar-refractivity contribution >= 4 is 28.5 Å². The van der Waals surface area contributed by atoms with Crippen molar-refractivity contribution in [1.29, 1.82) is 0 Å². The van der Waals surface area contributed by atoms with Gasteiger partial charge in [0.05, 0.1) is 0 Å². The van der Waals surface area contributed by atoms with Crippen molar-refractivity contribution in [1.82, 2.24) is 4.98 Å². The minimum atomic E-state index is -0.539. The number of carbonyl (C=O) groups is 2. The summed E-state index contributed by atoms with van der Waals surface area (Å²) in [5.41, 5.74) is 1.51. The van der Waals surface area contributed by atoms with Crippen LogP contribution in [0.15, 0.2) is 24.4 Å². The van der Waals surface area contributed by atoms with Crippen LogP contribution in [0.25, 0.3) is 10.9 Å². The molecule has 2 rings (SSSR count). The van der Waals surface area contributed by atoms with Gasteiger partial charge < -0.3 is 9.72 Å². The van der Waals surface area contributed by atoms with E-state index in [9.17, 15) is 9.59 Å². The predicted molar refractivity (Wildman–Crippen MR) is 78.2 cm³/mol. The molecule has 1 heterocycles. The van der Waals surface area contributed by atoms with Gasteiger partial charge in [-0.2, -0.15) is 0 Å². The fraction of sp³-hybridized carbons (Fsp3) is 0.333. The number of fused-ring (bicyclic) bond motifs is 1. The number of H-pyrrole nitrogens is 1. The van der Waals surface area contributed by atoms with Gasteiger partial charge in [0.2, 0.25) is 0 Å². The van der Waals surface area contributed by atoms with Crippen molar-refractivity contribution in [3.63, 3.8) is 0 Å². The van der Waals surface area contributed by atoms with Gasteiger partial charge in [0, 0.05) is 28.4 Å². The number of hydrogen-bond donors (Lipinski definition) is 2. The molecule has 0 unspecified atom stereocenters. The summed E-state index contributed by atoms with van der Waals surface area (Å²) in [7, 11) is 0. The summed E-state index contributed by atoms with van der Waals surface area (Å²) in [5, 5.41) is 3.50. The largest absolute Gasteiger partial charge is 0.444 e. The summed E-state index contributed by atoms with van der Waals surface area (Å²) in [6, 6.07) is 5.31. The van der Waals surface area contributed by atoms with Gasteiger partial charge in [-0.15, -0.1) is 0 Å². The topological polar surface area (TPSA) is 71.2 Å². The zero-order valence-electron chi connectivity index (χ0n) is 12.0. The molecule has 2 N–H and O–H groups in total. The van der Waals surface area contributed by atoms with Gasteiger partial charge in [0.15, 0.2) is 5.78 Å². The molecule has 1 aromatic carbocycles. The Hall–Kier alpha value is -2.30. The smallest absolute Gasteiger partial charge is 0.412 e. The first-order valence-electron chi connectivity index (χ1n) is 6.38. The molecule has 0 radical (unpaired) electrons. The fourth-order valence-corrected chi connectivity index (χ4v) is 1.92. The normalized spacial score (nSPS) is 11.4. The Morgan fingerprint density at radius 2 is 1.95 bits per heavy atom. The van der Waals surface area contributed by atoms with Gasteiger partial charge in [-0.3, -0.25) is 10.1 Å². The van der Waals surface area contributed by atoms with E-state index in [-0.39, 0.29) is 5.78 Å². The summed E-state index contributed by atoms with van der Waals surface area (Å²) in [6.45, 7) is 6.94. The van der Waals surface area contributed by atoms with Crippen molar-refractivity contribution in [3.05, 3.63) is 30.0 Å². The zero-order chi connectivity index (χ0) is 14.9. The summed E-state index contributed by atoms with van der Waals surface area (Å²) >= 11 is 0. The molecule has 2 aromatic rings. The number of anilines is 1. The van der Waals surface area contributed by atoms with Gasteiger partial charge in [0.25, 0.3) is 0 Å². The monoisotopic (exact) mass is 274 g/mol. The van der Waals surface area contributed by atoms with E-state index < -0.39 is 11.7 Å². The Morgan fingerprint density at radius 1 is 1.25 bits per heavy atom. The molecule has 1 amide bonds. The van der Waals surface area contributed by atoms with Crippen LogP contribution in [0.3, 0.4) is 0 Å². The van der Waals surface area contributed by atoms with Gasteiger partial charge in [-0.05, 0) is 39.8 Å². The highest BCUT2D eigenvalue weighted by atomic mass is 16.6. The molecule has 0 fully saturated rings. The van der Waals surface area contributed by atoms with E-state index in [4.69, 9.17) is 4.74 Å². The predicted octanol–water partition coefficient (Wildman–Crippen LogP) is 3.72. The third-order valence-corrected chi connectivity index (χ3v) is 2.71. The van der Waals surface area contributed by atoms with Crippen molar-refractivity contribution in [2.75, 3.05) is 5.32 Å². The molecule has 0 saturated carbocycles. The minimum Gasteiger partial charge on any atom is -0.444 e. The highest BCUT2D eigenvalue weighted by molar-refractivity contribution is 6.07. The molecule has 0 aliphatic carbocycles. The van der Waals surface area contributed by atoms with Crippen molar-refractivity contribution < 1.29 is 14.3 Å². The average molecular weight is 274 g/mol. The number of hydrogen-bond acceptors (Lipinski definition) is 3. The molecule has 0 aliphatic heterocycles. The Balaban J connectivity index is 2.21. The van der Waals surface area contributed by atoms with E-state index in [0.29, 0.717) is 11.3 Å². The second-order valence-electron chi connectivity index (χ2n) is 5.65. The van der Waals surface area contributed by atoms with Gasteiger partial charge in [0.1, 0.15) is 5.60 Å². The van der Waals surface area contributed by atoms with Crippen LogP contribution in [0, 0.1) is 0 Å². The van der Waals surface area contributed by atoms with Gasteiger partial charge >= 0.3 is 6.09 Å². The lowest BCUT2D eigenvalue weighted by Gasteiger charge is -2.19. The Morgan fingerprint density at radius 3 is 2.55 bits per heavy atom. The molecule has 1 aromatic heterocycles. The van der Waals surface area contributed by atoms with E-state index in [0.717, 1.165) is 10.9 Å². The van der Waals surface area contributed by atoms with E-state index >= 15 is 0 Å². The number of ketones is 1. The number of rotatable bonds is 2. The minimum absolute atomic E-state index is 0.00380. The molecule has 5 heteroatoms. The van der Waals surface area contributed by atoms with Crippen LogP contribution in [0.4, 0.5) is 10.5 Å². The number of Topliss-reactive ketones (excluding diaryl/α,β-unsaturated/α-hetero) is 1. The van der Waals surface area contributed by atoms with E-state index in [2.05, 4.69) is 10.3 Å². The maximum absolute atomic E-state index is 11.7. The summed E-state index contributed by atoms with van der Waals surface area (Å²) in [4.78, 5) is 26.1. The molecular formula is C15H18N2O3. The van der Waals surface area contributed by atoms with Crippen LogP contribution in [-0.2, 0) is 4.74 Å². The lowest BCUT2D eigenvalue weighted by Crippen LogP contribution is -2.27. The Kier molecular flexibility index (Phi) is 3.53. The van der Waals surface area contributed by atoms with Gasteiger partial charge in [-0.25, -0.2) is 4.79 Å². The third-order valence-electron chi connectivity index (χ3n) is 2.71. The lowest BCUT2D eigenvalue weighted by molar-refractivity contribution is 0.0635. The highest BCUT2D eigenvalue weighted by Gasteiger charge is 2.16. The molecule has 0 atom stereocenters. The van der Waals surface area contributed by atoms with Crippen molar-refractivity contribution in [2.24, 2.45) is 0 Å². The summed E-state index contributed by atoms with van der Waals surface area (Å²) in [6.07, 6.45) is 1.17. The highest BCUT2D eigenvalue weighted by Crippen LogP contribution is 2.22. The van der Waals surface area contributed by atoms with Crippen LogP contribution in [0.2, 0.25) is 0 Å². The fourth-order valence-electron chi connectivity index (χ4n) is 1.92. The van der Waals surface area contributed by atoms with Crippen LogP contribution in [-0.4, -0.2) is 22.5 Å². The maximum Gasteiger partial charge on any atom is 0.412 e. The number of ether oxygens (including phenoxy) is 1. The number of carbonyl (C=O) groups excluding carboxylic acids is 2. The maximum atomic E-state index is 11.7. The molecule has 20 heavy (non-hydrogen) atoms. The van der Waals surface area contributed by atoms with Crippen LogP contribution in [0.5, 0.6) is 0 Å². The first-order chi connectivity index (χ1) is 9.26. The molecule has 0 spiro atoms. The quantitative estimate of drug-likeness (QED) is 0.820. The first-order valence-corrected chi connectivity index (χ1v) is 6.38. The number of benzene rings is 1. The first kappa shape index (κ1) is 14.1. The van der Waals surface area contributed by atoms with Crippen molar-refractivity contribution in [2.45, 2.75) is 33.3 Å². The molecular weight excluding hydrogens is 256 g/mol. The van der Waals surface area contributed by atoms with Crippen LogP contribution in [0.1, 0.15) is 38.1 Å². The zero-order valence-corrected chi connectivity index (χ0v) is 12.0. The number of amides is 1. The van der Waals surface area contributed by atoms with Crippen molar-refractivity contribution in [3.8, 4) is 0 Å². The summed E-state index contributed by atoms with van der Waals surface area (Å²) in [5.74, 6) is 0.00380. The van der Waals surface area contributed by atoms with Crippen LogP contribution < -0.4 is 5.32 Å². The average Bonchev–Trinajstić information content (AvgIpc) is 2.68. The standard InChI is InChI=1S/C15H18N2O3/c1-9(18)12-8-16-13-7-10(5-6-11(12)13)17-14(19)20-15(2,3)4/h5-8,16H,1-4H3,(H,17,19). The van der Waals surface area contributed by atoms with Crippen LogP contribution >= 0.6 is 0 Å². The SMILES string of the molecule is CC(=O)c1c[nH]c2cc(NC(=O)OC(C)(C)C)ccc12. The number of aromatic nitrogens is 1. The molecule has 106 valence electrons. The summed E-state index contributed by atoms with van der Waals surface area (Å²) < 4.78 is 5.18. The second-order valence-corrected chi connectivity index (χ2v) is 5.65. The van der Waals surface area contributed by atoms with E-state index in [1.807, 2.05) is 0 Å². The molecule has 0 saturated heterocycles. The molecule has 0 aliphatic rings. The lowest BCUT2D eigenvalue weighted by atomic mass is 10.1. The molecule has 5 nitrogen and oxygen atoms in total. The number of aromatic amines is 1. The molecule has 0 bridgehead atoms. The third kappa shape index (κ3) is 3.17. The van der Waals surface area contributed by atoms with Gasteiger partial charge in [-0.1, -0.05) is 6.07 Å². The van der Waals surface area contributed by atoms with E-state index in [1.54, 1.807) is 45.2 Å². The second kappa shape index (κ2) is 5.00. The Labute approximate surface area is 117 Å². The number of nitrogens with one attached hydrogen (secondary N) is 2. The Bertz CT molecular complexity index is 665. The van der Waals surface area contributed by atoms with E-state index in [1.165, 1.54) is 6.92 Å².